The van der Waals surface area contributed by atoms with Gasteiger partial charge in [0.15, 0.2) is 0 Å². The summed E-state index contributed by atoms with van der Waals surface area (Å²) in [6.07, 6.45) is 1.70. The molecule has 7 nitrogen and oxygen atoms in total. The van der Waals surface area contributed by atoms with Crippen molar-refractivity contribution >= 4 is 11.9 Å². The van der Waals surface area contributed by atoms with Gasteiger partial charge in [0.25, 0.3) is 0 Å². The quantitative estimate of drug-likeness (QED) is 0.740. The van der Waals surface area contributed by atoms with E-state index in [-0.39, 0.29) is 29.8 Å². The average molecular weight is 432 g/mol. The normalized spacial score (nSPS) is 28.4. The zero-order chi connectivity index (χ0) is 22.4. The van der Waals surface area contributed by atoms with Crippen LogP contribution >= 0.6 is 0 Å². The first-order valence-electron chi connectivity index (χ1n) is 11.1. The molecule has 7 heteroatoms. The maximum Gasteiger partial charge on any atom is 0.303 e. The van der Waals surface area contributed by atoms with Crippen molar-refractivity contribution in [2.24, 2.45) is 17.3 Å². The smallest absolute Gasteiger partial charge is 0.303 e. The number of carboxylic acid groups (broad SMARTS) is 1. The molecule has 4 rings (SSSR count). The fourth-order valence-electron chi connectivity index (χ4n) is 5.38. The van der Waals surface area contributed by atoms with Gasteiger partial charge in [0, 0.05) is 48.9 Å². The Balaban J connectivity index is 1.57. The van der Waals surface area contributed by atoms with Crippen molar-refractivity contribution in [1.82, 2.24) is 4.90 Å². The van der Waals surface area contributed by atoms with Crippen molar-refractivity contribution in [1.29, 1.82) is 0 Å². The number of hydrogen-bond donors (Lipinski definition) is 1. The minimum absolute atomic E-state index is 0.0174. The molecule has 1 N–H and O–H groups in total. The lowest BCUT2D eigenvalue weighted by Crippen LogP contribution is -2.65. The molecular formula is C24H33NO6. The average Bonchev–Trinajstić information content (AvgIpc) is 2.69. The second-order valence-electron chi connectivity index (χ2n) is 10.1. The summed E-state index contributed by atoms with van der Waals surface area (Å²) in [7, 11) is 1.61. The third kappa shape index (κ3) is 4.12. The van der Waals surface area contributed by atoms with Crippen molar-refractivity contribution in [3.8, 4) is 11.5 Å². The van der Waals surface area contributed by atoms with Gasteiger partial charge >= 0.3 is 5.97 Å². The van der Waals surface area contributed by atoms with Crippen LogP contribution in [0.1, 0.15) is 58.1 Å². The fraction of sp³-hybridized carbons (Fsp3) is 0.667. The molecule has 0 unspecified atom stereocenters. The molecule has 0 bridgehead atoms. The van der Waals surface area contributed by atoms with Gasteiger partial charge in [-0.05, 0) is 37.8 Å². The predicted molar refractivity (Wildman–Crippen MR) is 114 cm³/mol. The summed E-state index contributed by atoms with van der Waals surface area (Å²) in [4.78, 5) is 25.7. The van der Waals surface area contributed by atoms with Gasteiger partial charge in [-0.3, -0.25) is 9.59 Å². The van der Waals surface area contributed by atoms with Gasteiger partial charge in [-0.2, -0.15) is 0 Å². The van der Waals surface area contributed by atoms with Crippen molar-refractivity contribution < 1.29 is 28.9 Å². The monoisotopic (exact) mass is 431 g/mol. The van der Waals surface area contributed by atoms with Crippen LogP contribution in [0.2, 0.25) is 0 Å². The van der Waals surface area contributed by atoms with Gasteiger partial charge in [-0.15, -0.1) is 0 Å². The summed E-state index contributed by atoms with van der Waals surface area (Å²) in [6.45, 7) is 8.11. The van der Waals surface area contributed by atoms with E-state index < -0.39 is 11.6 Å². The first kappa shape index (κ1) is 21.9. The molecule has 31 heavy (non-hydrogen) atoms. The number of ether oxygens (including phenoxy) is 3. The molecule has 0 aliphatic carbocycles. The highest BCUT2D eigenvalue weighted by Gasteiger charge is 2.57. The highest BCUT2D eigenvalue weighted by Crippen LogP contribution is 2.56. The van der Waals surface area contributed by atoms with Crippen LogP contribution in [0.4, 0.5) is 0 Å². The third-order valence-electron chi connectivity index (χ3n) is 7.07. The Kier molecular flexibility index (Phi) is 5.66. The number of rotatable bonds is 6. The zero-order valence-corrected chi connectivity index (χ0v) is 18.8. The minimum atomic E-state index is -0.835. The van der Waals surface area contributed by atoms with Crippen LogP contribution in [0.25, 0.3) is 0 Å². The number of benzene rings is 1. The number of methoxy groups -OCH3 is 1. The Bertz CT molecular complexity index is 862. The molecular weight excluding hydrogens is 398 g/mol. The number of aliphatic carboxylic acids is 1. The lowest BCUT2D eigenvalue weighted by molar-refractivity contribution is -0.206. The number of likely N-dealkylation sites (tertiary alicyclic amines) is 1. The summed E-state index contributed by atoms with van der Waals surface area (Å²) >= 11 is 0. The van der Waals surface area contributed by atoms with Crippen LogP contribution in [-0.4, -0.2) is 54.3 Å². The molecule has 2 fully saturated rings. The number of carboxylic acids is 1. The van der Waals surface area contributed by atoms with E-state index in [9.17, 15) is 14.7 Å². The molecule has 3 aliphatic heterocycles. The maximum atomic E-state index is 12.5. The summed E-state index contributed by atoms with van der Waals surface area (Å²) in [5.41, 5.74) is 0.240. The first-order valence-corrected chi connectivity index (χ1v) is 11.1. The highest BCUT2D eigenvalue weighted by atomic mass is 16.5. The minimum Gasteiger partial charge on any atom is -0.497 e. The van der Waals surface area contributed by atoms with E-state index in [0.717, 1.165) is 12.0 Å². The van der Waals surface area contributed by atoms with E-state index in [4.69, 9.17) is 14.2 Å². The Morgan fingerprint density at radius 1 is 1.32 bits per heavy atom. The molecule has 2 saturated heterocycles. The van der Waals surface area contributed by atoms with Gasteiger partial charge in [-0.25, -0.2) is 0 Å². The number of amides is 1. The molecule has 1 amide bonds. The fourth-order valence-corrected chi connectivity index (χ4v) is 5.38. The summed E-state index contributed by atoms with van der Waals surface area (Å²) in [5.74, 6) is 1.13. The number of hydrogen-bond acceptors (Lipinski definition) is 5. The SMILES string of the molecule is COc1ccc2c(c1)O[C@@](C)(CCC(=O)O)[C@H]1CC3(CO[C@H]21)CN(C(=O)CC(C)C)C3. The number of carbonyl (C=O) groups excluding carboxylic acids is 1. The highest BCUT2D eigenvalue weighted by molar-refractivity contribution is 5.77. The van der Waals surface area contributed by atoms with Gasteiger partial charge in [0.05, 0.1) is 19.8 Å². The molecule has 1 aromatic carbocycles. The second kappa shape index (κ2) is 8.01. The molecule has 0 radical (unpaired) electrons. The molecule has 170 valence electrons. The predicted octanol–water partition coefficient (Wildman–Crippen LogP) is 3.66. The molecule has 1 aromatic rings. The Hall–Kier alpha value is -2.28. The van der Waals surface area contributed by atoms with E-state index in [0.29, 0.717) is 50.0 Å². The van der Waals surface area contributed by atoms with Gasteiger partial charge in [-0.1, -0.05) is 13.8 Å². The van der Waals surface area contributed by atoms with Crippen LogP contribution in [0, 0.1) is 17.3 Å². The van der Waals surface area contributed by atoms with Crippen LogP contribution in [-0.2, 0) is 14.3 Å². The zero-order valence-electron chi connectivity index (χ0n) is 18.8. The first-order chi connectivity index (χ1) is 14.6. The summed E-state index contributed by atoms with van der Waals surface area (Å²) < 4.78 is 18.3. The topological polar surface area (TPSA) is 85.3 Å². The van der Waals surface area contributed by atoms with E-state index >= 15 is 0 Å². The molecule has 0 aromatic heterocycles. The second-order valence-corrected chi connectivity index (χ2v) is 10.1. The van der Waals surface area contributed by atoms with Crippen molar-refractivity contribution in [3.63, 3.8) is 0 Å². The Labute approximate surface area is 183 Å². The standard InChI is InChI=1S/C24H33NO6/c1-15(2)9-20(26)25-12-24(13-25)11-18-22(30-14-24)17-6-5-16(29-4)10-19(17)31-23(18,3)8-7-21(27)28/h5-6,10,15,18,22H,7-9,11-14H2,1-4H3,(H,27,28)/t18-,22+,23-/m0/s1. The summed E-state index contributed by atoms with van der Waals surface area (Å²) in [6, 6.07) is 5.75. The van der Waals surface area contributed by atoms with Gasteiger partial charge in [0.1, 0.15) is 17.1 Å². The van der Waals surface area contributed by atoms with Crippen LogP contribution in [0.3, 0.4) is 0 Å². The van der Waals surface area contributed by atoms with E-state index in [1.54, 1.807) is 7.11 Å². The Morgan fingerprint density at radius 2 is 2.06 bits per heavy atom. The van der Waals surface area contributed by atoms with Crippen LogP contribution in [0.15, 0.2) is 18.2 Å². The van der Waals surface area contributed by atoms with Gasteiger partial charge < -0.3 is 24.2 Å². The Morgan fingerprint density at radius 3 is 2.71 bits per heavy atom. The molecule has 3 atom stereocenters. The van der Waals surface area contributed by atoms with Crippen LogP contribution < -0.4 is 9.47 Å². The van der Waals surface area contributed by atoms with Crippen LogP contribution in [0.5, 0.6) is 11.5 Å². The largest absolute Gasteiger partial charge is 0.497 e. The number of carbonyl (C=O) groups is 2. The molecule has 0 saturated carbocycles. The van der Waals surface area contributed by atoms with Gasteiger partial charge in [0.2, 0.25) is 5.91 Å². The van der Waals surface area contributed by atoms with Crippen molar-refractivity contribution in [2.45, 2.75) is 58.2 Å². The molecule has 3 aliphatic rings. The molecule has 1 spiro atoms. The van der Waals surface area contributed by atoms with E-state index in [1.165, 1.54) is 0 Å². The van der Waals surface area contributed by atoms with Crippen molar-refractivity contribution in [2.75, 3.05) is 26.8 Å². The summed E-state index contributed by atoms with van der Waals surface area (Å²) in [5, 5.41) is 9.31. The number of nitrogens with zero attached hydrogens (tertiary/aromatic N) is 1. The van der Waals surface area contributed by atoms with Crippen molar-refractivity contribution in [3.05, 3.63) is 23.8 Å². The maximum absolute atomic E-state index is 12.5. The van der Waals surface area contributed by atoms with E-state index in [1.807, 2.05) is 30.0 Å². The van der Waals surface area contributed by atoms with E-state index in [2.05, 4.69) is 13.8 Å². The lowest BCUT2D eigenvalue weighted by Gasteiger charge is -2.59. The number of fused-ring (bicyclic) bond motifs is 3. The molecule has 3 heterocycles. The third-order valence-corrected chi connectivity index (χ3v) is 7.07. The lowest BCUT2D eigenvalue weighted by atomic mass is 9.63.